The molecule has 2 N–H and O–H groups in total. The van der Waals surface area contributed by atoms with Crippen molar-refractivity contribution in [2.24, 2.45) is 0 Å². The van der Waals surface area contributed by atoms with Crippen LogP contribution in [0.25, 0.3) is 0 Å². The summed E-state index contributed by atoms with van der Waals surface area (Å²) in [6.45, 7) is 5.07. The van der Waals surface area contributed by atoms with Gasteiger partial charge >= 0.3 is 0 Å². The van der Waals surface area contributed by atoms with Gasteiger partial charge < -0.3 is 14.9 Å². The molecule has 2 rings (SSSR count). The third kappa shape index (κ3) is 2.68. The number of aliphatic hydroxyl groups is 2. The van der Waals surface area contributed by atoms with Gasteiger partial charge in [0.05, 0.1) is 20.3 Å². The first kappa shape index (κ1) is 15.3. The first-order valence-corrected chi connectivity index (χ1v) is 7.10. The third-order valence-electron chi connectivity index (χ3n) is 4.69. The van der Waals surface area contributed by atoms with Gasteiger partial charge in [0.15, 0.2) is 0 Å². The summed E-state index contributed by atoms with van der Waals surface area (Å²) in [6.07, 6.45) is 1.80. The maximum atomic E-state index is 9.74. The maximum absolute atomic E-state index is 9.74. The number of benzene rings is 1. The van der Waals surface area contributed by atoms with Crippen LogP contribution in [0.1, 0.15) is 32.3 Å². The predicted octanol–water partition coefficient (Wildman–Crippen LogP) is 1.79. The predicted molar refractivity (Wildman–Crippen MR) is 78.8 cm³/mol. The van der Waals surface area contributed by atoms with Gasteiger partial charge in [0.2, 0.25) is 0 Å². The Hall–Kier alpha value is -1.10. The number of nitrogens with zero attached hydrogens (tertiary/aromatic N) is 1. The molecule has 1 aromatic rings. The molecule has 1 aliphatic heterocycles. The molecule has 0 saturated carbocycles. The molecule has 0 spiro atoms. The molecule has 1 saturated heterocycles. The molecule has 0 amide bonds. The number of hydrogen-bond donors (Lipinski definition) is 2. The first-order chi connectivity index (χ1) is 9.47. The van der Waals surface area contributed by atoms with E-state index in [0.29, 0.717) is 0 Å². The van der Waals surface area contributed by atoms with E-state index in [1.54, 1.807) is 7.11 Å². The topological polar surface area (TPSA) is 52.9 Å². The highest BCUT2D eigenvalue weighted by Gasteiger charge is 2.49. The number of methoxy groups -OCH3 is 1. The minimum atomic E-state index is -0.266. The number of likely N-dealkylation sites (tertiary alicyclic amines) is 1. The average molecular weight is 279 g/mol. The zero-order valence-electron chi connectivity index (χ0n) is 12.6. The number of rotatable bonds is 5. The van der Waals surface area contributed by atoms with E-state index in [1.807, 2.05) is 24.3 Å². The SMILES string of the molecule is COc1ccc(CN2[C@@](C)(CO)CC[C@@]2(C)CO)cc1. The van der Waals surface area contributed by atoms with Gasteiger partial charge in [-0.15, -0.1) is 0 Å². The van der Waals surface area contributed by atoms with Crippen molar-refractivity contribution >= 4 is 0 Å². The summed E-state index contributed by atoms with van der Waals surface area (Å²) >= 11 is 0. The van der Waals surface area contributed by atoms with Crippen LogP contribution in [0, 0.1) is 0 Å². The number of aliphatic hydroxyl groups excluding tert-OH is 2. The van der Waals surface area contributed by atoms with Crippen LogP contribution in [0.3, 0.4) is 0 Å². The van der Waals surface area contributed by atoms with E-state index in [9.17, 15) is 10.2 Å². The smallest absolute Gasteiger partial charge is 0.118 e. The molecule has 2 atom stereocenters. The van der Waals surface area contributed by atoms with Crippen LogP contribution < -0.4 is 4.74 Å². The van der Waals surface area contributed by atoms with Crippen LogP contribution >= 0.6 is 0 Å². The van der Waals surface area contributed by atoms with Gasteiger partial charge in [-0.05, 0) is 44.4 Å². The van der Waals surface area contributed by atoms with Crippen LogP contribution in [0.15, 0.2) is 24.3 Å². The van der Waals surface area contributed by atoms with Crippen LogP contribution in [0.4, 0.5) is 0 Å². The molecule has 0 unspecified atom stereocenters. The quantitative estimate of drug-likeness (QED) is 0.863. The summed E-state index contributed by atoms with van der Waals surface area (Å²) in [4.78, 5) is 2.24. The zero-order valence-corrected chi connectivity index (χ0v) is 12.6. The number of ether oxygens (including phenoxy) is 1. The van der Waals surface area contributed by atoms with Crippen molar-refractivity contribution in [3.8, 4) is 5.75 Å². The summed E-state index contributed by atoms with van der Waals surface area (Å²) in [5, 5.41) is 19.5. The Morgan fingerprint density at radius 2 is 1.55 bits per heavy atom. The zero-order chi connectivity index (χ0) is 14.8. The van der Waals surface area contributed by atoms with Crippen LogP contribution in [-0.2, 0) is 6.54 Å². The lowest BCUT2D eigenvalue weighted by atomic mass is 9.99. The van der Waals surface area contributed by atoms with Crippen LogP contribution in [0.2, 0.25) is 0 Å². The normalized spacial score (nSPS) is 30.6. The van der Waals surface area contributed by atoms with E-state index in [2.05, 4.69) is 18.7 Å². The molecule has 4 nitrogen and oxygen atoms in total. The van der Waals surface area contributed by atoms with Crippen molar-refractivity contribution in [3.05, 3.63) is 29.8 Å². The fourth-order valence-corrected chi connectivity index (χ4v) is 3.08. The van der Waals surface area contributed by atoms with Crippen molar-refractivity contribution in [1.29, 1.82) is 0 Å². The Morgan fingerprint density at radius 1 is 1.05 bits per heavy atom. The van der Waals surface area contributed by atoms with Crippen molar-refractivity contribution in [2.75, 3.05) is 20.3 Å². The molecule has 4 heteroatoms. The van der Waals surface area contributed by atoms with E-state index in [-0.39, 0.29) is 24.3 Å². The second kappa shape index (κ2) is 5.72. The molecular weight excluding hydrogens is 254 g/mol. The molecule has 20 heavy (non-hydrogen) atoms. The second-order valence-electron chi connectivity index (χ2n) is 6.24. The van der Waals surface area contributed by atoms with Crippen LogP contribution in [-0.4, -0.2) is 46.5 Å². The van der Waals surface area contributed by atoms with Gasteiger partial charge in [-0.3, -0.25) is 4.90 Å². The van der Waals surface area contributed by atoms with Crippen molar-refractivity contribution < 1.29 is 14.9 Å². The van der Waals surface area contributed by atoms with Crippen molar-refractivity contribution in [1.82, 2.24) is 4.90 Å². The highest BCUT2D eigenvalue weighted by molar-refractivity contribution is 5.27. The molecule has 112 valence electrons. The molecule has 1 aliphatic rings. The summed E-state index contributed by atoms with van der Waals surface area (Å²) < 4.78 is 5.17. The highest BCUT2D eigenvalue weighted by Crippen LogP contribution is 2.41. The summed E-state index contributed by atoms with van der Waals surface area (Å²) in [7, 11) is 1.65. The van der Waals surface area contributed by atoms with E-state index < -0.39 is 0 Å². The first-order valence-electron chi connectivity index (χ1n) is 7.10. The Labute approximate surface area is 121 Å². The highest BCUT2D eigenvalue weighted by atomic mass is 16.5. The second-order valence-corrected chi connectivity index (χ2v) is 6.24. The Morgan fingerprint density at radius 3 is 1.95 bits per heavy atom. The molecule has 1 fully saturated rings. The lowest BCUT2D eigenvalue weighted by Gasteiger charge is -2.42. The summed E-state index contributed by atoms with van der Waals surface area (Å²) in [5.74, 6) is 0.838. The molecule has 0 bridgehead atoms. The van der Waals surface area contributed by atoms with Crippen molar-refractivity contribution in [2.45, 2.75) is 44.3 Å². The van der Waals surface area contributed by atoms with Gasteiger partial charge in [-0.1, -0.05) is 12.1 Å². The third-order valence-corrected chi connectivity index (χ3v) is 4.69. The molecule has 1 aromatic carbocycles. The van der Waals surface area contributed by atoms with Gasteiger partial charge in [0.25, 0.3) is 0 Å². The molecule has 0 aliphatic carbocycles. The van der Waals surface area contributed by atoms with Gasteiger partial charge in [-0.2, -0.15) is 0 Å². The van der Waals surface area contributed by atoms with E-state index >= 15 is 0 Å². The fourth-order valence-electron chi connectivity index (χ4n) is 3.08. The Bertz CT molecular complexity index is 430. The fraction of sp³-hybridized carbons (Fsp3) is 0.625. The standard InChI is InChI=1S/C16H25NO3/c1-15(11-18)8-9-16(2,12-19)17(15)10-13-4-6-14(20-3)7-5-13/h4-7,18-19H,8-12H2,1-3H3/t15-,16+. The minimum Gasteiger partial charge on any atom is -0.497 e. The largest absolute Gasteiger partial charge is 0.497 e. The van der Waals surface area contributed by atoms with Gasteiger partial charge in [0.1, 0.15) is 5.75 Å². The minimum absolute atomic E-state index is 0.110. The maximum Gasteiger partial charge on any atom is 0.118 e. The van der Waals surface area contributed by atoms with E-state index in [0.717, 1.165) is 30.7 Å². The molecule has 1 heterocycles. The Balaban J connectivity index is 2.22. The summed E-state index contributed by atoms with van der Waals surface area (Å²) in [6, 6.07) is 7.95. The lowest BCUT2D eigenvalue weighted by molar-refractivity contribution is -0.0148. The van der Waals surface area contributed by atoms with Gasteiger partial charge in [0, 0.05) is 17.6 Å². The average Bonchev–Trinajstić information content (AvgIpc) is 2.74. The monoisotopic (exact) mass is 279 g/mol. The lowest BCUT2D eigenvalue weighted by Crippen LogP contribution is -2.54. The Kier molecular flexibility index (Phi) is 4.37. The number of hydrogen-bond acceptors (Lipinski definition) is 4. The van der Waals surface area contributed by atoms with E-state index in [1.165, 1.54) is 0 Å². The molecule has 0 aromatic heterocycles. The van der Waals surface area contributed by atoms with Gasteiger partial charge in [-0.25, -0.2) is 0 Å². The molecule has 0 radical (unpaired) electrons. The van der Waals surface area contributed by atoms with Crippen molar-refractivity contribution in [3.63, 3.8) is 0 Å². The summed E-state index contributed by atoms with van der Waals surface area (Å²) in [5.41, 5.74) is 0.626. The molecular formula is C16H25NO3. The van der Waals surface area contributed by atoms with E-state index in [4.69, 9.17) is 4.74 Å². The van der Waals surface area contributed by atoms with Crippen LogP contribution in [0.5, 0.6) is 5.75 Å².